The van der Waals surface area contributed by atoms with E-state index < -0.39 is 5.91 Å². The van der Waals surface area contributed by atoms with E-state index in [1.54, 1.807) is 10.9 Å². The normalized spacial score (nSPS) is 11.2. The van der Waals surface area contributed by atoms with Crippen LogP contribution < -0.4 is 16.2 Å². The highest BCUT2D eigenvalue weighted by atomic mass is 16.5. The highest BCUT2D eigenvalue weighted by Gasteiger charge is 2.23. The molecular formula is C18H21N5O2. The van der Waals surface area contributed by atoms with E-state index in [9.17, 15) is 4.79 Å². The van der Waals surface area contributed by atoms with Crippen LogP contribution in [0.5, 0.6) is 5.75 Å². The first-order valence-corrected chi connectivity index (χ1v) is 8.13. The molecule has 0 radical (unpaired) electrons. The number of rotatable bonds is 5. The third-order valence-electron chi connectivity index (χ3n) is 3.92. The molecule has 0 spiro atoms. The summed E-state index contributed by atoms with van der Waals surface area (Å²) in [5.41, 5.74) is 13.8. The van der Waals surface area contributed by atoms with Crippen LogP contribution in [0.4, 0.5) is 5.82 Å². The van der Waals surface area contributed by atoms with Crippen molar-refractivity contribution in [3.63, 3.8) is 0 Å². The smallest absolute Gasteiger partial charge is 0.254 e. The highest BCUT2D eigenvalue weighted by molar-refractivity contribution is 6.03. The average molecular weight is 339 g/mol. The molecule has 0 saturated carbocycles. The van der Waals surface area contributed by atoms with Crippen LogP contribution in [-0.4, -0.2) is 27.3 Å². The van der Waals surface area contributed by atoms with Crippen molar-refractivity contribution in [3.8, 4) is 17.0 Å². The molecule has 3 rings (SSSR count). The minimum absolute atomic E-state index is 0.00835. The molecule has 0 aliphatic rings. The van der Waals surface area contributed by atoms with Crippen molar-refractivity contribution in [2.75, 3.05) is 12.3 Å². The molecule has 0 saturated heterocycles. The minimum Gasteiger partial charge on any atom is -0.494 e. The molecule has 1 aromatic carbocycles. The Morgan fingerprint density at radius 3 is 2.72 bits per heavy atom. The van der Waals surface area contributed by atoms with E-state index in [1.807, 2.05) is 45.0 Å². The number of pyridine rings is 1. The SMILES string of the molecule is CCOc1ccc2cc(-c3nn(C(C)C)c(N)c3C(N)=O)cnc2c1. The molecule has 3 aromatic rings. The van der Waals surface area contributed by atoms with Crippen molar-refractivity contribution >= 4 is 22.6 Å². The second-order valence-corrected chi connectivity index (χ2v) is 6.02. The maximum absolute atomic E-state index is 11.9. The standard InChI is InChI=1S/C18H21N5O2/c1-4-25-13-6-5-11-7-12(9-21-14(11)8-13)16-15(18(20)24)17(19)23(22-16)10(2)3/h5-10H,4,19H2,1-3H3,(H2,20,24). The number of hydrogen-bond donors (Lipinski definition) is 2. The topological polar surface area (TPSA) is 109 Å². The number of nitrogen functional groups attached to an aromatic ring is 1. The number of benzene rings is 1. The molecule has 0 aliphatic carbocycles. The van der Waals surface area contributed by atoms with Gasteiger partial charge < -0.3 is 16.2 Å². The first-order chi connectivity index (χ1) is 11.9. The van der Waals surface area contributed by atoms with Crippen molar-refractivity contribution in [1.82, 2.24) is 14.8 Å². The van der Waals surface area contributed by atoms with E-state index in [-0.39, 0.29) is 17.4 Å². The van der Waals surface area contributed by atoms with E-state index >= 15 is 0 Å². The fraction of sp³-hybridized carbons (Fsp3) is 0.278. The Balaban J connectivity index is 2.14. The summed E-state index contributed by atoms with van der Waals surface area (Å²) in [6, 6.07) is 7.60. The average Bonchev–Trinajstić information content (AvgIpc) is 2.92. The molecular weight excluding hydrogens is 318 g/mol. The van der Waals surface area contributed by atoms with Crippen LogP contribution in [0.25, 0.3) is 22.2 Å². The van der Waals surface area contributed by atoms with Gasteiger partial charge in [-0.2, -0.15) is 5.10 Å². The van der Waals surface area contributed by atoms with Crippen LogP contribution in [0.15, 0.2) is 30.5 Å². The lowest BCUT2D eigenvalue weighted by molar-refractivity contribution is 0.100. The van der Waals surface area contributed by atoms with Gasteiger partial charge in [0.2, 0.25) is 0 Å². The zero-order valence-corrected chi connectivity index (χ0v) is 14.5. The van der Waals surface area contributed by atoms with Gasteiger partial charge in [-0.05, 0) is 39.0 Å². The van der Waals surface area contributed by atoms with Gasteiger partial charge in [0.15, 0.2) is 0 Å². The van der Waals surface area contributed by atoms with Gasteiger partial charge in [-0.3, -0.25) is 9.78 Å². The summed E-state index contributed by atoms with van der Waals surface area (Å²) in [7, 11) is 0. The number of ether oxygens (including phenoxy) is 1. The quantitative estimate of drug-likeness (QED) is 0.743. The van der Waals surface area contributed by atoms with Crippen LogP contribution in [0.3, 0.4) is 0 Å². The molecule has 0 fully saturated rings. The van der Waals surface area contributed by atoms with E-state index in [0.29, 0.717) is 17.9 Å². The Labute approximate surface area is 145 Å². The molecule has 2 aromatic heterocycles. The Kier molecular flexibility index (Phi) is 4.31. The summed E-state index contributed by atoms with van der Waals surface area (Å²) < 4.78 is 7.09. The summed E-state index contributed by atoms with van der Waals surface area (Å²) in [5.74, 6) is 0.428. The molecule has 1 amide bonds. The number of fused-ring (bicyclic) bond motifs is 1. The zero-order chi connectivity index (χ0) is 18.1. The number of carbonyl (C=O) groups excluding carboxylic acids is 1. The second-order valence-electron chi connectivity index (χ2n) is 6.02. The number of carbonyl (C=O) groups is 1. The van der Waals surface area contributed by atoms with Gasteiger partial charge in [0.25, 0.3) is 5.91 Å². The first kappa shape index (κ1) is 16.8. The molecule has 25 heavy (non-hydrogen) atoms. The molecule has 0 bridgehead atoms. The van der Waals surface area contributed by atoms with Crippen LogP contribution in [0.2, 0.25) is 0 Å². The molecule has 0 aliphatic heterocycles. The lowest BCUT2D eigenvalue weighted by Gasteiger charge is -2.07. The lowest BCUT2D eigenvalue weighted by atomic mass is 10.1. The third-order valence-corrected chi connectivity index (χ3v) is 3.92. The van der Waals surface area contributed by atoms with Crippen molar-refractivity contribution in [1.29, 1.82) is 0 Å². The van der Waals surface area contributed by atoms with Gasteiger partial charge >= 0.3 is 0 Å². The molecule has 2 heterocycles. The van der Waals surface area contributed by atoms with Crippen LogP contribution in [0.1, 0.15) is 37.2 Å². The number of anilines is 1. The van der Waals surface area contributed by atoms with Gasteiger partial charge in [0, 0.05) is 29.3 Å². The van der Waals surface area contributed by atoms with Crippen molar-refractivity contribution in [2.24, 2.45) is 5.73 Å². The van der Waals surface area contributed by atoms with E-state index in [1.165, 1.54) is 0 Å². The summed E-state index contributed by atoms with van der Waals surface area (Å²) in [5, 5.41) is 5.39. The number of primary amides is 1. The maximum Gasteiger partial charge on any atom is 0.254 e. The second kappa shape index (κ2) is 6.43. The molecule has 130 valence electrons. The van der Waals surface area contributed by atoms with E-state index in [2.05, 4.69) is 10.1 Å². The van der Waals surface area contributed by atoms with Crippen molar-refractivity contribution in [2.45, 2.75) is 26.8 Å². The molecule has 0 atom stereocenters. The van der Waals surface area contributed by atoms with E-state index in [0.717, 1.165) is 16.7 Å². The Morgan fingerprint density at radius 1 is 1.32 bits per heavy atom. The van der Waals surface area contributed by atoms with Crippen LogP contribution in [-0.2, 0) is 0 Å². The number of aromatic nitrogens is 3. The number of nitrogens with two attached hydrogens (primary N) is 2. The molecule has 4 N–H and O–H groups in total. The Morgan fingerprint density at radius 2 is 2.08 bits per heavy atom. The van der Waals surface area contributed by atoms with Gasteiger partial charge in [-0.25, -0.2) is 4.68 Å². The fourth-order valence-electron chi connectivity index (χ4n) is 2.77. The van der Waals surface area contributed by atoms with Crippen LogP contribution >= 0.6 is 0 Å². The first-order valence-electron chi connectivity index (χ1n) is 8.13. The molecule has 7 heteroatoms. The Bertz CT molecular complexity index is 946. The van der Waals surface area contributed by atoms with Gasteiger partial charge in [0.05, 0.1) is 12.1 Å². The van der Waals surface area contributed by atoms with Crippen LogP contribution in [0, 0.1) is 0 Å². The zero-order valence-electron chi connectivity index (χ0n) is 14.5. The summed E-state index contributed by atoms with van der Waals surface area (Å²) >= 11 is 0. The summed E-state index contributed by atoms with van der Waals surface area (Å²) in [4.78, 5) is 16.3. The monoisotopic (exact) mass is 339 g/mol. The third kappa shape index (κ3) is 3.00. The minimum atomic E-state index is -0.605. The van der Waals surface area contributed by atoms with E-state index in [4.69, 9.17) is 16.2 Å². The Hall–Kier alpha value is -3.09. The van der Waals surface area contributed by atoms with Gasteiger partial charge in [-0.15, -0.1) is 0 Å². The number of hydrogen-bond acceptors (Lipinski definition) is 5. The lowest BCUT2D eigenvalue weighted by Crippen LogP contribution is -2.15. The van der Waals surface area contributed by atoms with Gasteiger partial charge in [0.1, 0.15) is 22.8 Å². The van der Waals surface area contributed by atoms with Crippen molar-refractivity contribution < 1.29 is 9.53 Å². The highest BCUT2D eigenvalue weighted by Crippen LogP contribution is 2.30. The molecule has 7 nitrogen and oxygen atoms in total. The fourth-order valence-corrected chi connectivity index (χ4v) is 2.77. The van der Waals surface area contributed by atoms with Crippen molar-refractivity contribution in [3.05, 3.63) is 36.0 Å². The summed E-state index contributed by atoms with van der Waals surface area (Å²) in [6.45, 7) is 6.40. The number of amides is 1. The molecule has 0 unspecified atom stereocenters. The number of nitrogens with zero attached hydrogens (tertiary/aromatic N) is 3. The summed E-state index contributed by atoms with van der Waals surface area (Å²) in [6.07, 6.45) is 1.66. The maximum atomic E-state index is 11.9. The predicted octanol–water partition coefficient (Wildman–Crippen LogP) is 2.76. The van der Waals surface area contributed by atoms with Gasteiger partial charge in [-0.1, -0.05) is 0 Å². The largest absolute Gasteiger partial charge is 0.494 e. The predicted molar refractivity (Wildman–Crippen MR) is 97.4 cm³/mol.